The third kappa shape index (κ3) is 51.6. The van der Waals surface area contributed by atoms with Crippen molar-refractivity contribution in [2.45, 2.75) is 264 Å². The molecule has 0 N–H and O–H groups in total. The average molecular weight is 919 g/mol. The van der Waals surface area contributed by atoms with Crippen LogP contribution in [0.3, 0.4) is 0 Å². The second-order valence-electron chi connectivity index (χ2n) is 18.1. The minimum absolute atomic E-state index is 0.0958. The molecule has 0 heterocycles. The Morgan fingerprint density at radius 3 is 1.02 bits per heavy atom. The van der Waals surface area contributed by atoms with Crippen molar-refractivity contribution in [3.05, 3.63) is 85.1 Å². The fraction of sp³-hybridized carbons (Fsp3) is 0.717. The Morgan fingerprint density at radius 1 is 0.318 bits per heavy atom. The Kier molecular flexibility index (Phi) is 51.4. The van der Waals surface area contributed by atoms with E-state index >= 15 is 0 Å². The van der Waals surface area contributed by atoms with Gasteiger partial charge in [-0.2, -0.15) is 0 Å². The third-order valence-electron chi connectivity index (χ3n) is 11.6. The molecule has 0 aromatic rings. The van der Waals surface area contributed by atoms with Gasteiger partial charge in [0.1, 0.15) is 13.2 Å². The van der Waals surface area contributed by atoms with Crippen molar-refractivity contribution in [2.24, 2.45) is 0 Å². The molecule has 0 aliphatic rings. The molecule has 0 aromatic carbocycles. The van der Waals surface area contributed by atoms with Crippen molar-refractivity contribution in [2.75, 3.05) is 13.2 Å². The smallest absolute Gasteiger partial charge is 0.306 e. The van der Waals surface area contributed by atoms with Crippen molar-refractivity contribution >= 4 is 17.9 Å². The maximum absolute atomic E-state index is 12.8. The average Bonchev–Trinajstić information content (AvgIpc) is 3.31. The Morgan fingerprint density at radius 2 is 0.606 bits per heavy atom. The highest BCUT2D eigenvalue weighted by Gasteiger charge is 2.19. The van der Waals surface area contributed by atoms with Gasteiger partial charge in [-0.25, -0.2) is 0 Å². The van der Waals surface area contributed by atoms with E-state index in [2.05, 4.69) is 106 Å². The minimum Gasteiger partial charge on any atom is -0.462 e. The number of hydrogen-bond acceptors (Lipinski definition) is 6. The van der Waals surface area contributed by atoms with Crippen LogP contribution in [0.2, 0.25) is 0 Å². The first-order valence-electron chi connectivity index (χ1n) is 27.6. The van der Waals surface area contributed by atoms with E-state index in [4.69, 9.17) is 14.2 Å². The summed E-state index contributed by atoms with van der Waals surface area (Å²) < 4.78 is 16.8. The van der Waals surface area contributed by atoms with Crippen LogP contribution in [0.5, 0.6) is 0 Å². The zero-order valence-electron chi connectivity index (χ0n) is 43.2. The van der Waals surface area contributed by atoms with Gasteiger partial charge in [-0.05, 0) is 89.9 Å². The fourth-order valence-corrected chi connectivity index (χ4v) is 7.51. The lowest BCUT2D eigenvalue weighted by Crippen LogP contribution is -2.30. The van der Waals surface area contributed by atoms with Crippen LogP contribution in [0.25, 0.3) is 0 Å². The van der Waals surface area contributed by atoms with Gasteiger partial charge in [-0.3, -0.25) is 14.4 Å². The molecule has 0 aromatic heterocycles. The molecule has 0 aliphatic carbocycles. The quantitative estimate of drug-likeness (QED) is 0.0262. The molecule has 0 fully saturated rings. The van der Waals surface area contributed by atoms with Gasteiger partial charge in [0.25, 0.3) is 0 Å². The van der Waals surface area contributed by atoms with E-state index in [0.29, 0.717) is 19.3 Å². The van der Waals surface area contributed by atoms with Crippen LogP contribution in [0.1, 0.15) is 258 Å². The molecule has 0 rings (SSSR count). The summed E-state index contributed by atoms with van der Waals surface area (Å²) in [6, 6.07) is 0. The lowest BCUT2D eigenvalue weighted by atomic mass is 10.0. The molecule has 66 heavy (non-hydrogen) atoms. The van der Waals surface area contributed by atoms with Crippen LogP contribution in [0.15, 0.2) is 85.1 Å². The zero-order valence-corrected chi connectivity index (χ0v) is 43.2. The standard InChI is InChI=1S/C60H102O6/c1-4-7-10-13-16-19-22-25-28-30-32-35-38-41-44-47-50-53-59(62)65-56-57(55-64-58(61)52-49-46-43-40-37-34-27-24-21-18-15-12-9-6-3)66-60(63)54-51-48-45-42-39-36-33-31-29-26-23-20-17-14-11-8-5-2/h7,10,16-17,19-20,25-26,28-29,32,35,41,44,57H,4-6,8-9,11-15,18,21-24,27,30-31,33-34,36-40,42-43,45-56H2,1-3H3/b10-7-,19-16-,20-17-,28-25-,29-26-,35-32-,44-41-/t57-/m1/s1. The van der Waals surface area contributed by atoms with Crippen molar-refractivity contribution in [1.29, 1.82) is 0 Å². The van der Waals surface area contributed by atoms with Gasteiger partial charge in [-0.15, -0.1) is 0 Å². The number of hydrogen-bond donors (Lipinski definition) is 0. The molecule has 6 heteroatoms. The van der Waals surface area contributed by atoms with Crippen molar-refractivity contribution in [1.82, 2.24) is 0 Å². The highest BCUT2D eigenvalue weighted by molar-refractivity contribution is 5.71. The van der Waals surface area contributed by atoms with E-state index in [0.717, 1.165) is 89.9 Å². The lowest BCUT2D eigenvalue weighted by Gasteiger charge is -2.18. The molecule has 0 saturated carbocycles. The summed E-state index contributed by atoms with van der Waals surface area (Å²) in [5.41, 5.74) is 0. The molecule has 0 amide bonds. The van der Waals surface area contributed by atoms with Gasteiger partial charge >= 0.3 is 17.9 Å². The number of carbonyl (C=O) groups is 3. The summed E-state index contributed by atoms with van der Waals surface area (Å²) in [6.45, 7) is 6.46. The molecular formula is C60H102O6. The van der Waals surface area contributed by atoms with Crippen LogP contribution < -0.4 is 0 Å². The minimum atomic E-state index is -0.802. The van der Waals surface area contributed by atoms with Crippen LogP contribution in [-0.4, -0.2) is 37.2 Å². The summed E-state index contributed by atoms with van der Waals surface area (Å²) in [5, 5.41) is 0. The van der Waals surface area contributed by atoms with Gasteiger partial charge in [0.2, 0.25) is 0 Å². The molecule has 0 radical (unpaired) electrons. The molecule has 378 valence electrons. The SMILES string of the molecule is CC/C=C\C/C=C\C/C=C\C/C=C\C/C=C\CCCC(=O)OC[C@@H](COC(=O)CCCCCCCCCCCCCCCC)OC(=O)CCCCCCCCC/C=C\C/C=C\CCCCC. The highest BCUT2D eigenvalue weighted by atomic mass is 16.6. The lowest BCUT2D eigenvalue weighted by molar-refractivity contribution is -0.167. The topological polar surface area (TPSA) is 78.9 Å². The van der Waals surface area contributed by atoms with Crippen LogP contribution in [-0.2, 0) is 28.6 Å². The molecule has 0 aliphatic heterocycles. The van der Waals surface area contributed by atoms with E-state index in [1.54, 1.807) is 0 Å². The first kappa shape index (κ1) is 62.6. The summed E-state index contributed by atoms with van der Waals surface area (Å²) in [6.07, 6.45) is 70.0. The van der Waals surface area contributed by atoms with E-state index < -0.39 is 6.10 Å². The summed E-state index contributed by atoms with van der Waals surface area (Å²) in [7, 11) is 0. The zero-order chi connectivity index (χ0) is 47.9. The number of esters is 3. The van der Waals surface area contributed by atoms with Gasteiger partial charge in [-0.1, -0.05) is 234 Å². The maximum Gasteiger partial charge on any atom is 0.306 e. The van der Waals surface area contributed by atoms with Crippen LogP contribution in [0.4, 0.5) is 0 Å². The Hall–Kier alpha value is -3.41. The van der Waals surface area contributed by atoms with E-state index in [1.807, 2.05) is 0 Å². The molecule has 0 unspecified atom stereocenters. The number of ether oxygens (including phenoxy) is 3. The Labute approximate surface area is 407 Å². The van der Waals surface area contributed by atoms with Crippen LogP contribution in [0, 0.1) is 0 Å². The predicted octanol–water partition coefficient (Wildman–Crippen LogP) is 18.4. The second kappa shape index (κ2) is 54.2. The number of unbranched alkanes of at least 4 members (excludes halogenated alkanes) is 24. The summed E-state index contributed by atoms with van der Waals surface area (Å²) in [4.78, 5) is 38.1. The van der Waals surface area contributed by atoms with E-state index in [9.17, 15) is 14.4 Å². The molecule has 0 bridgehead atoms. The number of rotatable bonds is 49. The largest absolute Gasteiger partial charge is 0.462 e. The molecule has 0 spiro atoms. The van der Waals surface area contributed by atoms with Gasteiger partial charge in [0, 0.05) is 19.3 Å². The predicted molar refractivity (Wildman–Crippen MR) is 284 cm³/mol. The first-order chi connectivity index (χ1) is 32.5. The summed E-state index contributed by atoms with van der Waals surface area (Å²) in [5.74, 6) is -0.960. The van der Waals surface area contributed by atoms with Gasteiger partial charge in [0.15, 0.2) is 6.10 Å². The fourth-order valence-electron chi connectivity index (χ4n) is 7.51. The van der Waals surface area contributed by atoms with Crippen molar-refractivity contribution < 1.29 is 28.6 Å². The van der Waals surface area contributed by atoms with E-state index in [1.165, 1.54) is 122 Å². The molecule has 1 atom stereocenters. The number of allylic oxidation sites excluding steroid dienone is 14. The monoisotopic (exact) mass is 919 g/mol. The molecule has 6 nitrogen and oxygen atoms in total. The van der Waals surface area contributed by atoms with Gasteiger partial charge < -0.3 is 14.2 Å². The highest BCUT2D eigenvalue weighted by Crippen LogP contribution is 2.15. The Balaban J connectivity index is 4.48. The third-order valence-corrected chi connectivity index (χ3v) is 11.6. The van der Waals surface area contributed by atoms with Gasteiger partial charge in [0.05, 0.1) is 0 Å². The van der Waals surface area contributed by atoms with E-state index in [-0.39, 0.29) is 37.5 Å². The molecule has 0 saturated heterocycles. The second-order valence-corrected chi connectivity index (χ2v) is 18.1. The summed E-state index contributed by atoms with van der Waals surface area (Å²) >= 11 is 0. The number of carbonyl (C=O) groups excluding carboxylic acids is 3. The Bertz CT molecular complexity index is 1290. The maximum atomic E-state index is 12.8. The normalized spacial score (nSPS) is 12.7. The van der Waals surface area contributed by atoms with Crippen LogP contribution >= 0.6 is 0 Å². The van der Waals surface area contributed by atoms with Crippen molar-refractivity contribution in [3.8, 4) is 0 Å². The first-order valence-corrected chi connectivity index (χ1v) is 27.6. The molecular weight excluding hydrogens is 817 g/mol. The van der Waals surface area contributed by atoms with Crippen molar-refractivity contribution in [3.63, 3.8) is 0 Å².